The van der Waals surface area contributed by atoms with Gasteiger partial charge in [-0.25, -0.2) is 0 Å². The second kappa shape index (κ2) is 7.58. The normalized spacial score (nSPS) is 14.0. The molecule has 0 saturated heterocycles. The fourth-order valence-corrected chi connectivity index (χ4v) is 4.47. The lowest BCUT2D eigenvalue weighted by molar-refractivity contribution is -0.122. The average molecular weight is 430 g/mol. The van der Waals surface area contributed by atoms with Crippen LogP contribution in [0.1, 0.15) is 11.1 Å². The summed E-state index contributed by atoms with van der Waals surface area (Å²) in [6.07, 6.45) is 3.61. The Morgan fingerprint density at radius 2 is 1.72 bits per heavy atom. The quantitative estimate of drug-likeness (QED) is 0.407. The van der Waals surface area contributed by atoms with Gasteiger partial charge in [0.2, 0.25) is 0 Å². The van der Waals surface area contributed by atoms with E-state index in [-0.39, 0.29) is 0 Å². The van der Waals surface area contributed by atoms with Crippen molar-refractivity contribution in [3.05, 3.63) is 59.9 Å². The summed E-state index contributed by atoms with van der Waals surface area (Å²) < 4.78 is 13.1. The molecule has 5 rings (SSSR count). The van der Waals surface area contributed by atoms with E-state index in [0.717, 1.165) is 16.4 Å². The number of nitrogens with two attached hydrogens (primary N) is 1. The summed E-state index contributed by atoms with van der Waals surface area (Å²) in [5.74, 6) is 0.141. The van der Waals surface area contributed by atoms with Gasteiger partial charge in [0.1, 0.15) is 0 Å². The highest BCUT2D eigenvalue weighted by Crippen LogP contribution is 2.44. The fourth-order valence-electron chi connectivity index (χ4n) is 4.47. The van der Waals surface area contributed by atoms with Crippen molar-refractivity contribution in [2.24, 2.45) is 5.73 Å². The molecule has 0 unspecified atom stereocenters. The number of aromatic amines is 1. The van der Waals surface area contributed by atoms with E-state index in [2.05, 4.69) is 10.3 Å². The van der Waals surface area contributed by atoms with Gasteiger partial charge in [-0.1, -0.05) is 18.2 Å². The molecule has 0 radical (unpaired) electrons. The number of H-pyrrole nitrogens is 1. The Labute approximate surface area is 183 Å². The summed E-state index contributed by atoms with van der Waals surface area (Å²) in [6.45, 7) is 0.953. The highest BCUT2D eigenvalue weighted by molar-refractivity contribution is 6.51. The third-order valence-corrected chi connectivity index (χ3v) is 5.82. The first-order chi connectivity index (χ1) is 15.6. The molecule has 0 aliphatic carbocycles. The van der Waals surface area contributed by atoms with Crippen LogP contribution in [-0.4, -0.2) is 42.1 Å². The number of nitrogens with zero attached hydrogens (tertiary/aromatic N) is 1. The second-order valence-electron chi connectivity index (χ2n) is 7.50. The molecular weight excluding hydrogens is 408 g/mol. The minimum atomic E-state index is -0.452. The topological polar surface area (TPSA) is 111 Å². The number of hydrogen-bond donors (Lipinski definition) is 3. The van der Waals surface area contributed by atoms with Gasteiger partial charge in [0.05, 0.1) is 36.3 Å². The summed E-state index contributed by atoms with van der Waals surface area (Å²) in [6, 6.07) is 11.4. The van der Waals surface area contributed by atoms with E-state index in [9.17, 15) is 9.59 Å². The van der Waals surface area contributed by atoms with Crippen LogP contribution in [0.2, 0.25) is 0 Å². The average Bonchev–Trinajstić information content (AvgIpc) is 3.46. The molecule has 2 amide bonds. The summed E-state index contributed by atoms with van der Waals surface area (Å²) >= 11 is 0. The summed E-state index contributed by atoms with van der Waals surface area (Å²) in [7, 11) is 3.11. The van der Waals surface area contributed by atoms with Crippen molar-refractivity contribution in [2.45, 2.75) is 6.54 Å². The van der Waals surface area contributed by atoms with Crippen LogP contribution >= 0.6 is 0 Å². The lowest BCUT2D eigenvalue weighted by Gasteiger charge is -2.11. The number of carbonyl (C=O) groups is 2. The molecule has 1 aliphatic rings. The van der Waals surface area contributed by atoms with Gasteiger partial charge < -0.3 is 24.8 Å². The smallest absolute Gasteiger partial charge is 0.259 e. The molecule has 0 bridgehead atoms. The number of fused-ring (bicyclic) bond motifs is 2. The summed E-state index contributed by atoms with van der Waals surface area (Å²) in [4.78, 5) is 29.2. The Morgan fingerprint density at radius 3 is 2.44 bits per heavy atom. The van der Waals surface area contributed by atoms with Gasteiger partial charge >= 0.3 is 0 Å². The number of methoxy groups -OCH3 is 2. The molecule has 32 heavy (non-hydrogen) atoms. The molecule has 0 spiro atoms. The van der Waals surface area contributed by atoms with E-state index >= 15 is 0 Å². The van der Waals surface area contributed by atoms with Crippen LogP contribution in [0.15, 0.2) is 48.8 Å². The Kier molecular flexibility index (Phi) is 4.71. The molecule has 1 aliphatic heterocycles. The maximum Gasteiger partial charge on any atom is 0.259 e. The predicted molar refractivity (Wildman–Crippen MR) is 122 cm³/mol. The zero-order chi connectivity index (χ0) is 22.4. The Bertz CT molecular complexity index is 1430. The fraction of sp³-hybridized carbons (Fsp3) is 0.167. The Morgan fingerprint density at radius 1 is 0.969 bits per heavy atom. The van der Waals surface area contributed by atoms with Crippen molar-refractivity contribution in [3.63, 3.8) is 0 Å². The zero-order valence-electron chi connectivity index (χ0n) is 17.7. The molecule has 4 N–H and O–H groups in total. The number of imide groups is 1. The van der Waals surface area contributed by atoms with Crippen LogP contribution in [0.25, 0.3) is 33.0 Å². The summed E-state index contributed by atoms with van der Waals surface area (Å²) in [5, 5.41) is 4.02. The van der Waals surface area contributed by atoms with E-state index in [1.54, 1.807) is 20.4 Å². The maximum absolute atomic E-state index is 13.1. The van der Waals surface area contributed by atoms with Crippen molar-refractivity contribution in [2.75, 3.05) is 20.8 Å². The van der Waals surface area contributed by atoms with Crippen LogP contribution in [0, 0.1) is 0 Å². The Hall–Kier alpha value is -4.04. The minimum Gasteiger partial charge on any atom is -0.493 e. The first-order valence-electron chi connectivity index (χ1n) is 10.2. The van der Waals surface area contributed by atoms with Crippen molar-refractivity contribution in [1.82, 2.24) is 14.9 Å². The number of rotatable bonds is 6. The van der Waals surface area contributed by atoms with Crippen molar-refractivity contribution in [1.29, 1.82) is 0 Å². The van der Waals surface area contributed by atoms with Gasteiger partial charge in [-0.05, 0) is 18.2 Å². The molecule has 162 valence electrons. The highest BCUT2D eigenvalue weighted by Gasteiger charge is 2.36. The molecule has 2 aromatic heterocycles. The van der Waals surface area contributed by atoms with Gasteiger partial charge in [-0.3, -0.25) is 14.9 Å². The number of amides is 2. The van der Waals surface area contributed by atoms with Gasteiger partial charge in [-0.2, -0.15) is 0 Å². The number of aromatic nitrogens is 2. The van der Waals surface area contributed by atoms with Gasteiger partial charge in [0, 0.05) is 47.5 Å². The summed E-state index contributed by atoms with van der Waals surface area (Å²) in [5.41, 5.74) is 9.43. The van der Waals surface area contributed by atoms with Crippen LogP contribution < -0.4 is 20.5 Å². The van der Waals surface area contributed by atoms with Gasteiger partial charge in [0.15, 0.2) is 11.5 Å². The first-order valence-corrected chi connectivity index (χ1v) is 10.2. The van der Waals surface area contributed by atoms with E-state index in [4.69, 9.17) is 15.2 Å². The molecule has 2 aromatic carbocycles. The molecule has 0 saturated carbocycles. The van der Waals surface area contributed by atoms with Gasteiger partial charge in [0.25, 0.3) is 11.8 Å². The number of benzene rings is 2. The van der Waals surface area contributed by atoms with Crippen molar-refractivity contribution >= 4 is 44.8 Å². The van der Waals surface area contributed by atoms with Crippen LogP contribution in [0.3, 0.4) is 0 Å². The van der Waals surface area contributed by atoms with E-state index in [1.807, 2.05) is 47.2 Å². The number of nitrogens with one attached hydrogen (secondary N) is 2. The van der Waals surface area contributed by atoms with Crippen molar-refractivity contribution in [3.8, 4) is 11.5 Å². The van der Waals surface area contributed by atoms with E-state index in [0.29, 0.717) is 52.2 Å². The lowest BCUT2D eigenvalue weighted by Crippen LogP contribution is -2.22. The monoisotopic (exact) mass is 430 g/mol. The lowest BCUT2D eigenvalue weighted by atomic mass is 9.95. The zero-order valence-corrected chi connectivity index (χ0v) is 17.7. The largest absolute Gasteiger partial charge is 0.493 e. The molecule has 0 fully saturated rings. The van der Waals surface area contributed by atoms with Crippen LogP contribution in [0.4, 0.5) is 0 Å². The van der Waals surface area contributed by atoms with E-state index in [1.165, 1.54) is 0 Å². The molecule has 8 heteroatoms. The molecular formula is C24H22N4O4. The van der Waals surface area contributed by atoms with Crippen LogP contribution in [0.5, 0.6) is 11.5 Å². The van der Waals surface area contributed by atoms with E-state index < -0.39 is 11.8 Å². The first kappa shape index (κ1) is 19.9. The van der Waals surface area contributed by atoms with Crippen LogP contribution in [-0.2, 0) is 16.1 Å². The Balaban J connectivity index is 1.88. The predicted octanol–water partition coefficient (Wildman–Crippen LogP) is 2.67. The van der Waals surface area contributed by atoms with Crippen molar-refractivity contribution < 1.29 is 19.1 Å². The van der Waals surface area contributed by atoms with Gasteiger partial charge in [-0.15, -0.1) is 0 Å². The number of para-hydroxylation sites is 1. The highest BCUT2D eigenvalue weighted by atomic mass is 16.5. The molecule has 0 atom stereocenters. The molecule has 3 heterocycles. The SMILES string of the molecule is COc1ccc2c(c(C3=C(c4c[nH]c5ccccc45)C(=O)NC3=O)cn2CCN)c1OC. The third kappa shape index (κ3) is 2.80. The standard InChI is InChI=1S/C24H22N4O4/c1-31-18-8-7-17-19(22(18)32-2)15(12-28(17)10-9-25)21-20(23(29)27-24(21)30)14-11-26-16-6-4-3-5-13(14)16/h3-8,11-12,26H,9-10,25H2,1-2H3,(H,27,29,30). The minimum absolute atomic E-state index is 0.298. The molecule has 4 aromatic rings. The number of carbonyl (C=O) groups excluding carboxylic acids is 2. The number of ether oxygens (including phenoxy) is 2. The third-order valence-electron chi connectivity index (χ3n) is 5.82. The second-order valence-corrected chi connectivity index (χ2v) is 7.50. The number of hydrogen-bond acceptors (Lipinski definition) is 5. The maximum atomic E-state index is 13.1. The molecule has 8 nitrogen and oxygen atoms in total.